The van der Waals surface area contributed by atoms with Gasteiger partial charge in [-0.1, -0.05) is 6.42 Å². The van der Waals surface area contributed by atoms with Gasteiger partial charge in [0.05, 0.1) is 12.3 Å². The molecule has 1 N–H and O–H groups in total. The van der Waals surface area contributed by atoms with Crippen molar-refractivity contribution in [3.8, 4) is 0 Å². The van der Waals surface area contributed by atoms with Crippen LogP contribution in [0, 0.1) is 0 Å². The summed E-state index contributed by atoms with van der Waals surface area (Å²) < 4.78 is 11.0. The molecular weight excluding hydrogens is 268 g/mol. The fraction of sp³-hybridized carbons (Fsp3) is 0.688. The van der Waals surface area contributed by atoms with Crippen LogP contribution >= 0.6 is 0 Å². The first-order chi connectivity index (χ1) is 10.3. The number of amides is 1. The van der Waals surface area contributed by atoms with E-state index in [1.165, 1.54) is 19.3 Å². The van der Waals surface area contributed by atoms with Crippen LogP contribution < -0.4 is 5.32 Å². The van der Waals surface area contributed by atoms with Crippen molar-refractivity contribution in [3.63, 3.8) is 0 Å². The Balaban J connectivity index is 1.60. The van der Waals surface area contributed by atoms with Crippen LogP contribution in [-0.4, -0.2) is 43.2 Å². The highest BCUT2D eigenvalue weighted by Gasteiger charge is 2.28. The van der Waals surface area contributed by atoms with E-state index >= 15 is 0 Å². The van der Waals surface area contributed by atoms with Gasteiger partial charge in [0.2, 0.25) is 5.91 Å². The molecule has 3 rings (SSSR count). The molecule has 1 aromatic heterocycles. The molecule has 2 unspecified atom stereocenters. The molecule has 116 valence electrons. The summed E-state index contributed by atoms with van der Waals surface area (Å²) in [4.78, 5) is 14.5. The van der Waals surface area contributed by atoms with Crippen molar-refractivity contribution in [1.29, 1.82) is 0 Å². The zero-order chi connectivity index (χ0) is 14.5. The molecule has 0 aliphatic carbocycles. The molecular formula is C16H24N2O3. The van der Waals surface area contributed by atoms with Crippen LogP contribution in [0.1, 0.15) is 43.9 Å². The van der Waals surface area contributed by atoms with Gasteiger partial charge in [-0.25, -0.2) is 0 Å². The van der Waals surface area contributed by atoms with E-state index in [1.807, 2.05) is 12.1 Å². The van der Waals surface area contributed by atoms with Gasteiger partial charge in [-0.2, -0.15) is 0 Å². The van der Waals surface area contributed by atoms with Crippen molar-refractivity contribution in [3.05, 3.63) is 24.2 Å². The maximum absolute atomic E-state index is 12.1. The summed E-state index contributed by atoms with van der Waals surface area (Å²) in [6, 6.07) is 4.04. The molecule has 2 saturated heterocycles. The summed E-state index contributed by atoms with van der Waals surface area (Å²) in [6.45, 7) is 3.43. The third-order valence-electron chi connectivity index (χ3n) is 4.39. The van der Waals surface area contributed by atoms with Gasteiger partial charge < -0.3 is 14.5 Å². The lowest BCUT2D eigenvalue weighted by Gasteiger charge is -2.33. The molecule has 0 bridgehead atoms. The smallest absolute Gasteiger partial charge is 0.249 e. The van der Waals surface area contributed by atoms with Gasteiger partial charge in [0.1, 0.15) is 11.9 Å². The maximum atomic E-state index is 12.1. The first kappa shape index (κ1) is 14.6. The minimum absolute atomic E-state index is 0.0149. The first-order valence-electron chi connectivity index (χ1n) is 8.01. The highest BCUT2D eigenvalue weighted by atomic mass is 16.5. The quantitative estimate of drug-likeness (QED) is 0.903. The molecule has 21 heavy (non-hydrogen) atoms. The van der Waals surface area contributed by atoms with Crippen LogP contribution in [0.2, 0.25) is 0 Å². The van der Waals surface area contributed by atoms with Crippen molar-refractivity contribution in [2.45, 2.75) is 44.2 Å². The number of carbonyl (C=O) groups excluding carboxylic acids is 1. The van der Waals surface area contributed by atoms with Gasteiger partial charge in [0.15, 0.2) is 0 Å². The number of rotatable bonds is 5. The normalized spacial score (nSPS) is 24.9. The SMILES string of the molecule is O=C(NCC(c1ccco1)N1CCCCC1)C1CCCO1. The van der Waals surface area contributed by atoms with Gasteiger partial charge in [0.25, 0.3) is 0 Å². The molecule has 0 radical (unpaired) electrons. The van der Waals surface area contributed by atoms with Gasteiger partial charge in [-0.05, 0) is 50.9 Å². The van der Waals surface area contributed by atoms with Gasteiger partial charge in [-0.15, -0.1) is 0 Å². The Bertz CT molecular complexity index is 434. The summed E-state index contributed by atoms with van der Waals surface area (Å²) in [5.41, 5.74) is 0. The molecule has 0 saturated carbocycles. The van der Waals surface area contributed by atoms with E-state index in [-0.39, 0.29) is 18.1 Å². The minimum Gasteiger partial charge on any atom is -0.468 e. The molecule has 2 fully saturated rings. The van der Waals surface area contributed by atoms with Crippen molar-refractivity contribution < 1.29 is 13.9 Å². The highest BCUT2D eigenvalue weighted by Crippen LogP contribution is 2.24. The van der Waals surface area contributed by atoms with Crippen LogP contribution in [0.4, 0.5) is 0 Å². The number of furan rings is 1. The Hall–Kier alpha value is -1.33. The lowest BCUT2D eigenvalue weighted by Crippen LogP contribution is -2.43. The molecule has 3 heterocycles. The zero-order valence-corrected chi connectivity index (χ0v) is 12.4. The van der Waals surface area contributed by atoms with Crippen molar-refractivity contribution in [2.24, 2.45) is 0 Å². The standard InChI is InChI=1S/C16H24N2O3/c19-16(15-7-5-11-21-15)17-12-13(14-6-4-10-20-14)18-8-2-1-3-9-18/h4,6,10,13,15H,1-3,5,7-9,11-12H2,(H,17,19). The fourth-order valence-corrected chi connectivity index (χ4v) is 3.22. The summed E-state index contributed by atoms with van der Waals surface area (Å²) in [5.74, 6) is 0.950. The average Bonchev–Trinajstić information content (AvgIpc) is 3.22. The lowest BCUT2D eigenvalue weighted by atomic mass is 10.1. The monoisotopic (exact) mass is 292 g/mol. The van der Waals surface area contributed by atoms with Crippen LogP contribution in [0.15, 0.2) is 22.8 Å². The average molecular weight is 292 g/mol. The molecule has 1 amide bonds. The molecule has 2 aliphatic rings. The van der Waals surface area contributed by atoms with E-state index in [9.17, 15) is 4.79 Å². The van der Waals surface area contributed by atoms with Crippen molar-refractivity contribution >= 4 is 5.91 Å². The summed E-state index contributed by atoms with van der Waals surface area (Å²) >= 11 is 0. The Morgan fingerprint density at radius 1 is 1.33 bits per heavy atom. The number of likely N-dealkylation sites (tertiary alicyclic amines) is 1. The van der Waals surface area contributed by atoms with Crippen molar-refractivity contribution in [2.75, 3.05) is 26.2 Å². The Labute approximate surface area is 125 Å². The van der Waals surface area contributed by atoms with Crippen molar-refractivity contribution in [1.82, 2.24) is 10.2 Å². The second kappa shape index (κ2) is 7.09. The number of piperidine rings is 1. The van der Waals surface area contributed by atoms with E-state index < -0.39 is 0 Å². The number of hydrogen-bond acceptors (Lipinski definition) is 4. The van der Waals surface area contributed by atoms with E-state index in [1.54, 1.807) is 6.26 Å². The lowest BCUT2D eigenvalue weighted by molar-refractivity contribution is -0.130. The topological polar surface area (TPSA) is 54.7 Å². The predicted octanol–water partition coefficient (Wildman–Crippen LogP) is 2.10. The fourth-order valence-electron chi connectivity index (χ4n) is 3.22. The third-order valence-corrected chi connectivity index (χ3v) is 4.39. The summed E-state index contributed by atoms with van der Waals surface area (Å²) in [7, 11) is 0. The van der Waals surface area contributed by atoms with E-state index in [4.69, 9.17) is 9.15 Å². The maximum Gasteiger partial charge on any atom is 0.249 e. The van der Waals surface area contributed by atoms with Gasteiger partial charge >= 0.3 is 0 Å². The van der Waals surface area contributed by atoms with E-state index in [0.29, 0.717) is 13.2 Å². The first-order valence-corrected chi connectivity index (χ1v) is 8.01. The van der Waals surface area contributed by atoms with E-state index in [0.717, 1.165) is 31.7 Å². The largest absolute Gasteiger partial charge is 0.468 e. The molecule has 1 aromatic rings. The van der Waals surface area contributed by atoms with Gasteiger partial charge in [0, 0.05) is 13.2 Å². The van der Waals surface area contributed by atoms with Crippen LogP contribution in [0.3, 0.4) is 0 Å². The Morgan fingerprint density at radius 2 is 2.19 bits per heavy atom. The van der Waals surface area contributed by atoms with E-state index in [2.05, 4.69) is 10.2 Å². The predicted molar refractivity (Wildman–Crippen MR) is 78.9 cm³/mol. The number of carbonyl (C=O) groups is 1. The van der Waals surface area contributed by atoms with Gasteiger partial charge in [-0.3, -0.25) is 9.69 Å². The van der Waals surface area contributed by atoms with Crippen LogP contribution in [-0.2, 0) is 9.53 Å². The zero-order valence-electron chi connectivity index (χ0n) is 12.4. The molecule has 2 aliphatic heterocycles. The second-order valence-corrected chi connectivity index (χ2v) is 5.87. The van der Waals surface area contributed by atoms with Crippen LogP contribution in [0.5, 0.6) is 0 Å². The number of nitrogens with one attached hydrogen (secondary N) is 1. The second-order valence-electron chi connectivity index (χ2n) is 5.87. The highest BCUT2D eigenvalue weighted by molar-refractivity contribution is 5.81. The summed E-state index contributed by atoms with van der Waals surface area (Å²) in [5, 5.41) is 3.04. The Morgan fingerprint density at radius 3 is 2.86 bits per heavy atom. The Kier molecular flexibility index (Phi) is 4.93. The molecule has 5 heteroatoms. The number of ether oxygens (including phenoxy) is 1. The number of hydrogen-bond donors (Lipinski definition) is 1. The number of nitrogens with zero attached hydrogens (tertiary/aromatic N) is 1. The third kappa shape index (κ3) is 3.66. The molecule has 0 aromatic carbocycles. The molecule has 5 nitrogen and oxygen atoms in total. The molecule has 0 spiro atoms. The molecule has 2 atom stereocenters. The summed E-state index contributed by atoms with van der Waals surface area (Å²) in [6.07, 6.45) is 6.99. The minimum atomic E-state index is -0.261. The van der Waals surface area contributed by atoms with Crippen LogP contribution in [0.25, 0.3) is 0 Å².